The van der Waals surface area contributed by atoms with Crippen LogP contribution < -0.4 is 5.32 Å². The highest BCUT2D eigenvalue weighted by Gasteiger charge is 2.22. The van der Waals surface area contributed by atoms with E-state index in [1.165, 1.54) is 29.2 Å². The first kappa shape index (κ1) is 21.3. The number of hydrogen-bond donors (Lipinski definition) is 3. The molecule has 152 valence electrons. The van der Waals surface area contributed by atoms with Gasteiger partial charge in [0.25, 0.3) is 5.69 Å². The second-order valence-corrected chi connectivity index (χ2v) is 7.19. The molecule has 1 amide bonds. The molecule has 0 bridgehead atoms. The van der Waals surface area contributed by atoms with E-state index < -0.39 is 28.8 Å². The van der Waals surface area contributed by atoms with E-state index in [1.807, 2.05) is 0 Å². The van der Waals surface area contributed by atoms with Crippen LogP contribution in [0.3, 0.4) is 0 Å². The van der Waals surface area contributed by atoms with Gasteiger partial charge in [-0.3, -0.25) is 10.1 Å². The lowest BCUT2D eigenvalue weighted by molar-refractivity contribution is -0.384. The van der Waals surface area contributed by atoms with Crippen molar-refractivity contribution in [3.05, 3.63) is 52.3 Å². The third-order valence-corrected chi connectivity index (χ3v) is 3.74. The summed E-state index contributed by atoms with van der Waals surface area (Å²) in [4.78, 5) is 22.2. The number of carbonyl (C=O) groups excluding carboxylic acids is 1. The molecule has 0 spiro atoms. The first-order chi connectivity index (χ1) is 13.1. The molecule has 0 aliphatic carbocycles. The Kier molecular flexibility index (Phi) is 6.71. The van der Waals surface area contributed by atoms with E-state index in [9.17, 15) is 25.1 Å². The minimum Gasteiger partial charge on any atom is -0.444 e. The number of hydrogen-bond acceptors (Lipinski definition) is 7. The summed E-state index contributed by atoms with van der Waals surface area (Å²) in [6.07, 6.45) is -0.228. The summed E-state index contributed by atoms with van der Waals surface area (Å²) in [5.74, 6) is 0. The van der Waals surface area contributed by atoms with Gasteiger partial charge in [-0.15, -0.1) is 0 Å². The molecule has 2 rings (SSSR count). The maximum absolute atomic E-state index is 11.6. The van der Waals surface area contributed by atoms with Crippen LogP contribution >= 0.6 is 0 Å². The van der Waals surface area contributed by atoms with Crippen LogP contribution in [0.25, 0.3) is 5.69 Å². The monoisotopic (exact) mass is 392 g/mol. The number of nitro groups is 1. The number of amides is 1. The Balaban J connectivity index is 1.97. The zero-order chi connectivity index (χ0) is 20.9. The van der Waals surface area contributed by atoms with E-state index in [-0.39, 0.29) is 24.3 Å². The number of nitrogens with one attached hydrogen (secondary N) is 1. The summed E-state index contributed by atoms with van der Waals surface area (Å²) in [6.45, 7) is 5.31. The third kappa shape index (κ3) is 5.76. The topological polar surface area (TPSA) is 140 Å². The maximum Gasteiger partial charge on any atom is 0.407 e. The van der Waals surface area contributed by atoms with Gasteiger partial charge in [0.2, 0.25) is 0 Å². The molecule has 2 atom stereocenters. The predicted octanol–water partition coefficient (Wildman–Crippen LogP) is 2.09. The van der Waals surface area contributed by atoms with Gasteiger partial charge in [0.05, 0.1) is 17.2 Å². The smallest absolute Gasteiger partial charge is 0.407 e. The zero-order valence-electron chi connectivity index (χ0n) is 15.9. The largest absolute Gasteiger partial charge is 0.444 e. The lowest BCUT2D eigenvalue weighted by Crippen LogP contribution is -2.34. The Morgan fingerprint density at radius 3 is 2.68 bits per heavy atom. The van der Waals surface area contributed by atoms with E-state index in [0.29, 0.717) is 5.56 Å². The molecule has 0 radical (unpaired) electrons. The van der Waals surface area contributed by atoms with Crippen molar-refractivity contribution in [2.24, 2.45) is 0 Å². The van der Waals surface area contributed by atoms with Crippen molar-refractivity contribution in [3.8, 4) is 5.69 Å². The van der Waals surface area contributed by atoms with Gasteiger partial charge in [0, 0.05) is 24.4 Å². The van der Waals surface area contributed by atoms with Crippen LogP contribution in [-0.4, -0.2) is 49.3 Å². The van der Waals surface area contributed by atoms with Crippen LogP contribution in [0.5, 0.6) is 0 Å². The molecule has 0 aliphatic rings. The third-order valence-electron chi connectivity index (χ3n) is 3.74. The molecule has 0 saturated carbocycles. The van der Waals surface area contributed by atoms with E-state index >= 15 is 0 Å². The number of nitro benzene ring substituents is 1. The van der Waals surface area contributed by atoms with Gasteiger partial charge < -0.3 is 20.3 Å². The fourth-order valence-electron chi connectivity index (χ4n) is 2.45. The van der Waals surface area contributed by atoms with Gasteiger partial charge in [-0.1, -0.05) is 12.1 Å². The van der Waals surface area contributed by atoms with Gasteiger partial charge in [0.15, 0.2) is 0 Å². The lowest BCUT2D eigenvalue weighted by Gasteiger charge is -2.20. The van der Waals surface area contributed by atoms with Crippen LogP contribution in [0.2, 0.25) is 0 Å². The fourth-order valence-corrected chi connectivity index (χ4v) is 2.45. The number of nitrogens with zero attached hydrogens (tertiary/aromatic N) is 3. The summed E-state index contributed by atoms with van der Waals surface area (Å²) in [7, 11) is 0. The van der Waals surface area contributed by atoms with Gasteiger partial charge >= 0.3 is 6.09 Å². The predicted molar refractivity (Wildman–Crippen MR) is 100 cm³/mol. The molecule has 3 N–H and O–H groups in total. The Labute approximate surface area is 161 Å². The summed E-state index contributed by atoms with van der Waals surface area (Å²) in [6, 6.07) is 6.06. The lowest BCUT2D eigenvalue weighted by atomic mass is 10.1. The molecule has 28 heavy (non-hydrogen) atoms. The number of ether oxygens (including phenoxy) is 1. The Morgan fingerprint density at radius 1 is 1.36 bits per heavy atom. The number of aliphatic hydroxyl groups is 2. The van der Waals surface area contributed by atoms with E-state index in [1.54, 1.807) is 32.9 Å². The van der Waals surface area contributed by atoms with Crippen LogP contribution in [0.1, 0.15) is 38.9 Å². The molecular formula is C18H24N4O6. The number of alkyl carbamates (subject to hydrolysis) is 1. The van der Waals surface area contributed by atoms with Crippen molar-refractivity contribution in [2.75, 3.05) is 6.54 Å². The number of rotatable bonds is 7. The average Bonchev–Trinajstić information content (AvgIpc) is 3.09. The van der Waals surface area contributed by atoms with Crippen molar-refractivity contribution < 1.29 is 24.7 Å². The van der Waals surface area contributed by atoms with Crippen molar-refractivity contribution in [1.29, 1.82) is 0 Å². The molecule has 1 aromatic heterocycles. The van der Waals surface area contributed by atoms with Crippen LogP contribution in [0.15, 0.2) is 36.7 Å². The van der Waals surface area contributed by atoms with Gasteiger partial charge in [0.1, 0.15) is 17.4 Å². The van der Waals surface area contributed by atoms with Crippen molar-refractivity contribution >= 4 is 11.8 Å². The van der Waals surface area contributed by atoms with E-state index in [4.69, 9.17) is 4.74 Å². The van der Waals surface area contributed by atoms with Crippen LogP contribution in [0.4, 0.5) is 10.5 Å². The second kappa shape index (κ2) is 8.81. The first-order valence-corrected chi connectivity index (χ1v) is 8.70. The number of carbonyl (C=O) groups is 1. The minimum absolute atomic E-state index is 0.0804. The van der Waals surface area contributed by atoms with Gasteiger partial charge in [-0.2, -0.15) is 5.10 Å². The van der Waals surface area contributed by atoms with Crippen LogP contribution in [0, 0.1) is 10.1 Å². The molecule has 0 saturated heterocycles. The number of aliphatic hydroxyl groups excluding tert-OH is 2. The van der Waals surface area contributed by atoms with Gasteiger partial charge in [-0.25, -0.2) is 9.48 Å². The van der Waals surface area contributed by atoms with Crippen molar-refractivity contribution in [3.63, 3.8) is 0 Å². The zero-order valence-corrected chi connectivity index (χ0v) is 15.9. The van der Waals surface area contributed by atoms with Crippen molar-refractivity contribution in [2.45, 2.75) is 45.0 Å². The SMILES string of the molecule is CC(C)(C)OC(=O)NCCC(O)C(O)c1cnn(-c2ccccc2[N+](=O)[O-])c1. The van der Waals surface area contributed by atoms with Crippen LogP contribution in [-0.2, 0) is 4.74 Å². The molecule has 10 heteroatoms. The highest BCUT2D eigenvalue weighted by molar-refractivity contribution is 5.67. The molecule has 1 aromatic carbocycles. The second-order valence-electron chi connectivity index (χ2n) is 7.19. The standard InChI is InChI=1S/C18H24N4O6/c1-18(2,3)28-17(25)19-9-8-15(23)16(24)12-10-20-21(11-12)13-6-4-5-7-14(13)22(26)27/h4-7,10-11,15-16,23-24H,8-9H2,1-3H3,(H,19,25). The summed E-state index contributed by atoms with van der Waals surface area (Å²) in [5, 5.41) is 38.1. The number of aromatic nitrogens is 2. The Morgan fingerprint density at radius 2 is 2.04 bits per heavy atom. The van der Waals surface area contributed by atoms with Crippen molar-refractivity contribution in [1.82, 2.24) is 15.1 Å². The summed E-state index contributed by atoms with van der Waals surface area (Å²) in [5.41, 5.74) is -0.222. The fraction of sp³-hybridized carbons (Fsp3) is 0.444. The Bertz CT molecular complexity index is 829. The summed E-state index contributed by atoms with van der Waals surface area (Å²) >= 11 is 0. The minimum atomic E-state index is -1.27. The normalized spacial score (nSPS) is 13.6. The van der Waals surface area contributed by atoms with E-state index in [0.717, 1.165) is 0 Å². The molecule has 2 aromatic rings. The quantitative estimate of drug-likeness (QED) is 0.484. The molecular weight excluding hydrogens is 368 g/mol. The Hall–Kier alpha value is -2.98. The molecule has 0 fully saturated rings. The molecule has 10 nitrogen and oxygen atoms in total. The highest BCUT2D eigenvalue weighted by Crippen LogP contribution is 2.24. The first-order valence-electron chi connectivity index (χ1n) is 8.70. The van der Waals surface area contributed by atoms with E-state index in [2.05, 4.69) is 10.4 Å². The average molecular weight is 392 g/mol. The van der Waals surface area contributed by atoms with Gasteiger partial charge in [-0.05, 0) is 33.3 Å². The summed E-state index contributed by atoms with van der Waals surface area (Å²) < 4.78 is 6.35. The number of benzene rings is 1. The molecule has 2 unspecified atom stereocenters. The number of para-hydroxylation sites is 2. The highest BCUT2D eigenvalue weighted by atomic mass is 16.6. The molecule has 0 aliphatic heterocycles. The maximum atomic E-state index is 11.6. The molecule has 1 heterocycles.